The van der Waals surface area contributed by atoms with Crippen molar-refractivity contribution in [1.29, 1.82) is 0 Å². The molecule has 0 aromatic rings. The Balaban J connectivity index is 1.80. The Morgan fingerprint density at radius 1 is 1.25 bits per heavy atom. The van der Waals surface area contributed by atoms with Gasteiger partial charge in [0.25, 0.3) is 0 Å². The van der Waals surface area contributed by atoms with E-state index in [0.29, 0.717) is 0 Å². The Kier molecular flexibility index (Phi) is 4.41. The predicted molar refractivity (Wildman–Crippen MR) is 71.7 cm³/mol. The molecule has 0 bridgehead atoms. The molecule has 1 unspecified atom stereocenters. The summed E-state index contributed by atoms with van der Waals surface area (Å²) in [6.07, 6.45) is 5.47. The average Bonchev–Trinajstić information content (AvgIpc) is 2.80. The van der Waals surface area contributed by atoms with Crippen molar-refractivity contribution in [2.45, 2.75) is 38.6 Å². The van der Waals surface area contributed by atoms with Gasteiger partial charge in [-0.1, -0.05) is 6.42 Å². The molecule has 3 nitrogen and oxygen atoms in total. The molecule has 1 atom stereocenters. The van der Waals surface area contributed by atoms with Crippen LogP contribution in [0.5, 0.6) is 0 Å². The molecule has 2 saturated heterocycles. The lowest BCUT2D eigenvalue weighted by molar-refractivity contribution is 0.169. The Morgan fingerprint density at radius 3 is 2.69 bits per heavy atom. The van der Waals surface area contributed by atoms with Crippen LogP contribution in [0, 0.1) is 0 Å². The summed E-state index contributed by atoms with van der Waals surface area (Å²) in [5.74, 6) is 0. The van der Waals surface area contributed by atoms with Gasteiger partial charge in [0.1, 0.15) is 0 Å². The summed E-state index contributed by atoms with van der Waals surface area (Å²) >= 11 is 5.36. The van der Waals surface area contributed by atoms with Gasteiger partial charge in [-0.05, 0) is 51.5 Å². The Hall–Kier alpha value is -0.350. The third-order valence-corrected chi connectivity index (χ3v) is 4.09. The number of hydrogen-bond donors (Lipinski definition) is 1. The van der Waals surface area contributed by atoms with Gasteiger partial charge in [-0.3, -0.25) is 4.90 Å². The molecule has 16 heavy (non-hydrogen) atoms. The van der Waals surface area contributed by atoms with E-state index >= 15 is 0 Å². The van der Waals surface area contributed by atoms with E-state index < -0.39 is 0 Å². The Bertz CT molecular complexity index is 238. The van der Waals surface area contributed by atoms with Crippen molar-refractivity contribution < 1.29 is 0 Å². The van der Waals surface area contributed by atoms with Crippen LogP contribution in [0.3, 0.4) is 0 Å². The highest BCUT2D eigenvalue weighted by Gasteiger charge is 2.29. The van der Waals surface area contributed by atoms with Gasteiger partial charge < -0.3 is 10.2 Å². The van der Waals surface area contributed by atoms with Crippen molar-refractivity contribution in [3.8, 4) is 0 Å². The lowest BCUT2D eigenvalue weighted by Crippen LogP contribution is -2.43. The van der Waals surface area contributed by atoms with Gasteiger partial charge in [0.2, 0.25) is 0 Å². The highest BCUT2D eigenvalue weighted by molar-refractivity contribution is 7.80. The maximum atomic E-state index is 5.36. The van der Waals surface area contributed by atoms with E-state index in [9.17, 15) is 0 Å². The first-order chi connectivity index (χ1) is 7.81. The molecule has 2 aliphatic rings. The second-order valence-corrected chi connectivity index (χ2v) is 5.21. The number of likely N-dealkylation sites (tertiary alicyclic amines) is 2. The van der Waals surface area contributed by atoms with Gasteiger partial charge >= 0.3 is 0 Å². The molecule has 92 valence electrons. The minimum absolute atomic E-state index is 0.747. The van der Waals surface area contributed by atoms with Gasteiger partial charge in [-0.15, -0.1) is 0 Å². The number of piperidine rings is 1. The van der Waals surface area contributed by atoms with Crippen LogP contribution in [0.1, 0.15) is 32.6 Å². The van der Waals surface area contributed by atoms with Crippen molar-refractivity contribution in [2.75, 3.05) is 32.7 Å². The zero-order chi connectivity index (χ0) is 11.4. The zero-order valence-corrected chi connectivity index (χ0v) is 11.1. The van der Waals surface area contributed by atoms with E-state index in [1.807, 2.05) is 0 Å². The lowest BCUT2D eigenvalue weighted by atomic mass is 10.1. The largest absolute Gasteiger partial charge is 0.363 e. The third kappa shape index (κ3) is 2.86. The quantitative estimate of drug-likeness (QED) is 0.737. The van der Waals surface area contributed by atoms with E-state index in [4.69, 9.17) is 12.2 Å². The van der Waals surface area contributed by atoms with Crippen LogP contribution < -0.4 is 5.32 Å². The Labute approximate surface area is 104 Å². The van der Waals surface area contributed by atoms with E-state index in [1.54, 1.807) is 0 Å². The predicted octanol–water partition coefficient (Wildman–Crippen LogP) is 1.44. The standard InChI is InChI=1S/C12H23N3S/c1-2-13-12(16)15-9-6-11(10-15)14-7-4-3-5-8-14/h11H,2-10H2,1H3,(H,13,16). The van der Waals surface area contributed by atoms with Gasteiger partial charge in [0.15, 0.2) is 5.11 Å². The van der Waals surface area contributed by atoms with Crippen molar-refractivity contribution in [3.63, 3.8) is 0 Å². The summed E-state index contributed by atoms with van der Waals surface area (Å²) < 4.78 is 0. The fourth-order valence-electron chi connectivity index (χ4n) is 2.77. The minimum Gasteiger partial charge on any atom is -0.363 e. The molecule has 2 fully saturated rings. The molecule has 1 N–H and O–H groups in total. The van der Waals surface area contributed by atoms with Crippen molar-refractivity contribution >= 4 is 17.3 Å². The Morgan fingerprint density at radius 2 is 2.00 bits per heavy atom. The van der Waals surface area contributed by atoms with Crippen LogP contribution in [-0.2, 0) is 0 Å². The van der Waals surface area contributed by atoms with Gasteiger partial charge in [-0.25, -0.2) is 0 Å². The second-order valence-electron chi connectivity index (χ2n) is 4.82. The van der Waals surface area contributed by atoms with E-state index in [0.717, 1.165) is 30.8 Å². The molecule has 0 aromatic heterocycles. The molecule has 0 amide bonds. The summed E-state index contributed by atoms with van der Waals surface area (Å²) in [5.41, 5.74) is 0. The van der Waals surface area contributed by atoms with Crippen molar-refractivity contribution in [2.24, 2.45) is 0 Å². The number of rotatable bonds is 2. The molecule has 2 rings (SSSR count). The van der Waals surface area contributed by atoms with E-state index in [2.05, 4.69) is 22.0 Å². The smallest absolute Gasteiger partial charge is 0.168 e. The van der Waals surface area contributed by atoms with Crippen LogP contribution in [0.15, 0.2) is 0 Å². The highest BCUT2D eigenvalue weighted by atomic mass is 32.1. The first kappa shape index (κ1) is 12.1. The SMILES string of the molecule is CCNC(=S)N1CCC(N2CCCCC2)C1. The van der Waals surface area contributed by atoms with Crippen molar-refractivity contribution in [3.05, 3.63) is 0 Å². The number of nitrogens with zero attached hydrogens (tertiary/aromatic N) is 2. The average molecular weight is 241 g/mol. The van der Waals surface area contributed by atoms with Crippen LogP contribution >= 0.6 is 12.2 Å². The molecular formula is C12H23N3S. The summed E-state index contributed by atoms with van der Waals surface area (Å²) in [4.78, 5) is 5.00. The molecule has 4 heteroatoms. The summed E-state index contributed by atoms with van der Waals surface area (Å²) in [6, 6.07) is 0.747. The topological polar surface area (TPSA) is 18.5 Å². The van der Waals surface area contributed by atoms with E-state index in [1.165, 1.54) is 38.8 Å². The van der Waals surface area contributed by atoms with Gasteiger partial charge in [-0.2, -0.15) is 0 Å². The first-order valence-electron chi connectivity index (χ1n) is 6.58. The fourth-order valence-corrected chi connectivity index (χ4v) is 3.08. The van der Waals surface area contributed by atoms with Gasteiger partial charge in [0.05, 0.1) is 0 Å². The first-order valence-corrected chi connectivity index (χ1v) is 6.99. The molecule has 0 saturated carbocycles. The van der Waals surface area contributed by atoms with Crippen LogP contribution in [0.25, 0.3) is 0 Å². The summed E-state index contributed by atoms with van der Waals surface area (Å²) in [5, 5.41) is 4.20. The van der Waals surface area contributed by atoms with Crippen LogP contribution in [0.4, 0.5) is 0 Å². The monoisotopic (exact) mass is 241 g/mol. The maximum absolute atomic E-state index is 5.36. The second kappa shape index (κ2) is 5.82. The molecule has 2 heterocycles. The minimum atomic E-state index is 0.747. The van der Waals surface area contributed by atoms with Gasteiger partial charge in [0, 0.05) is 25.7 Å². The molecule has 0 radical (unpaired) electrons. The molecule has 2 aliphatic heterocycles. The normalized spacial score (nSPS) is 27.1. The van der Waals surface area contributed by atoms with Crippen LogP contribution in [-0.4, -0.2) is 53.7 Å². The number of thiocarbonyl (C=S) groups is 1. The summed E-state index contributed by atoms with van der Waals surface area (Å²) in [6.45, 7) is 7.89. The molecule has 0 aromatic carbocycles. The zero-order valence-electron chi connectivity index (χ0n) is 10.2. The molecule has 0 aliphatic carbocycles. The lowest BCUT2D eigenvalue weighted by Gasteiger charge is -2.32. The third-order valence-electron chi connectivity index (χ3n) is 3.69. The van der Waals surface area contributed by atoms with Crippen LogP contribution in [0.2, 0.25) is 0 Å². The van der Waals surface area contributed by atoms with Crippen molar-refractivity contribution in [1.82, 2.24) is 15.1 Å². The fraction of sp³-hybridized carbons (Fsp3) is 0.917. The molecular weight excluding hydrogens is 218 g/mol. The molecule has 0 spiro atoms. The summed E-state index contributed by atoms with van der Waals surface area (Å²) in [7, 11) is 0. The highest BCUT2D eigenvalue weighted by Crippen LogP contribution is 2.20. The number of nitrogens with one attached hydrogen (secondary N) is 1. The van der Waals surface area contributed by atoms with E-state index in [-0.39, 0.29) is 0 Å². The number of hydrogen-bond acceptors (Lipinski definition) is 2. The maximum Gasteiger partial charge on any atom is 0.168 e.